The summed E-state index contributed by atoms with van der Waals surface area (Å²) in [5.74, 6) is 0.398. The second-order valence-corrected chi connectivity index (χ2v) is 4.72. The molecule has 0 saturated carbocycles. The van der Waals surface area contributed by atoms with Gasteiger partial charge in [0.25, 0.3) is 0 Å². The number of hydrogen-bond acceptors (Lipinski definition) is 2. The van der Waals surface area contributed by atoms with Gasteiger partial charge in [0.1, 0.15) is 0 Å². The Bertz CT molecular complexity index is 347. The molecule has 0 aliphatic carbocycles. The van der Waals surface area contributed by atoms with E-state index in [1.807, 2.05) is 18.2 Å². The lowest BCUT2D eigenvalue weighted by atomic mass is 10.0. The lowest BCUT2D eigenvalue weighted by molar-refractivity contribution is -0.115. The Kier molecular flexibility index (Phi) is 4.21. The average molecular weight is 223 g/mol. The Hall–Kier alpha value is -0.960. The number of rotatable bonds is 3. The van der Waals surface area contributed by atoms with E-state index in [0.29, 0.717) is 5.92 Å². The first-order valence-electron chi connectivity index (χ1n) is 5.09. The predicted molar refractivity (Wildman–Crippen MR) is 67.6 cm³/mol. The number of thiol groups is 1. The largest absolute Gasteiger partial charge is 0.325 e. The smallest absolute Gasteiger partial charge is 0.236 e. The summed E-state index contributed by atoms with van der Waals surface area (Å²) in [7, 11) is 0. The SMILES string of the molecule is CC(S)C(=O)Nc1cccc(C(C)C)c1. The van der Waals surface area contributed by atoms with E-state index in [-0.39, 0.29) is 11.2 Å². The summed E-state index contributed by atoms with van der Waals surface area (Å²) >= 11 is 4.08. The van der Waals surface area contributed by atoms with Gasteiger partial charge in [-0.1, -0.05) is 26.0 Å². The number of benzene rings is 1. The van der Waals surface area contributed by atoms with Crippen LogP contribution in [0.25, 0.3) is 0 Å². The van der Waals surface area contributed by atoms with Crippen molar-refractivity contribution in [2.45, 2.75) is 31.9 Å². The van der Waals surface area contributed by atoms with Gasteiger partial charge < -0.3 is 5.32 Å². The molecule has 0 saturated heterocycles. The second kappa shape index (κ2) is 5.21. The molecule has 0 aliphatic heterocycles. The summed E-state index contributed by atoms with van der Waals surface area (Å²) in [6.45, 7) is 6.01. The summed E-state index contributed by atoms with van der Waals surface area (Å²) in [5.41, 5.74) is 2.06. The highest BCUT2D eigenvalue weighted by Gasteiger charge is 2.08. The molecule has 0 aromatic heterocycles. The maximum Gasteiger partial charge on any atom is 0.236 e. The van der Waals surface area contributed by atoms with E-state index in [4.69, 9.17) is 0 Å². The summed E-state index contributed by atoms with van der Waals surface area (Å²) < 4.78 is 0. The molecule has 3 heteroatoms. The Balaban J connectivity index is 2.78. The van der Waals surface area contributed by atoms with Crippen LogP contribution in [-0.4, -0.2) is 11.2 Å². The van der Waals surface area contributed by atoms with Crippen molar-refractivity contribution in [1.29, 1.82) is 0 Å². The molecule has 0 bridgehead atoms. The number of hydrogen-bond donors (Lipinski definition) is 2. The molecule has 15 heavy (non-hydrogen) atoms. The lowest BCUT2D eigenvalue weighted by Gasteiger charge is -2.10. The number of amides is 1. The van der Waals surface area contributed by atoms with Crippen molar-refractivity contribution in [3.05, 3.63) is 29.8 Å². The van der Waals surface area contributed by atoms with E-state index < -0.39 is 0 Å². The van der Waals surface area contributed by atoms with Crippen molar-refractivity contribution < 1.29 is 4.79 Å². The van der Waals surface area contributed by atoms with E-state index >= 15 is 0 Å². The summed E-state index contributed by atoms with van der Waals surface area (Å²) in [6, 6.07) is 7.90. The third kappa shape index (κ3) is 3.59. The zero-order valence-corrected chi connectivity index (χ0v) is 10.2. The molecule has 0 aliphatic rings. The van der Waals surface area contributed by atoms with E-state index in [1.165, 1.54) is 5.56 Å². The molecule has 1 amide bonds. The molecule has 1 aromatic carbocycles. The van der Waals surface area contributed by atoms with Gasteiger partial charge in [-0.25, -0.2) is 0 Å². The zero-order chi connectivity index (χ0) is 11.4. The minimum atomic E-state index is -0.285. The maximum atomic E-state index is 11.4. The van der Waals surface area contributed by atoms with Crippen LogP contribution in [0.3, 0.4) is 0 Å². The van der Waals surface area contributed by atoms with Crippen LogP contribution >= 0.6 is 12.6 Å². The maximum absolute atomic E-state index is 11.4. The van der Waals surface area contributed by atoms with Gasteiger partial charge in [-0.2, -0.15) is 12.6 Å². The molecule has 1 aromatic rings. The standard InChI is InChI=1S/C12H17NOS/c1-8(2)10-5-4-6-11(7-10)13-12(14)9(3)15/h4-9,15H,1-3H3,(H,13,14). The average Bonchev–Trinajstić information content (AvgIpc) is 2.18. The first-order chi connectivity index (χ1) is 7.00. The predicted octanol–water partition coefficient (Wildman–Crippen LogP) is 3.07. The molecule has 1 unspecified atom stereocenters. The molecule has 1 rings (SSSR count). The van der Waals surface area contributed by atoms with Gasteiger partial charge in [-0.05, 0) is 30.5 Å². The summed E-state index contributed by atoms with van der Waals surface area (Å²) in [6.07, 6.45) is 0. The zero-order valence-electron chi connectivity index (χ0n) is 9.32. The fourth-order valence-corrected chi connectivity index (χ4v) is 1.29. The molecular weight excluding hydrogens is 206 g/mol. The second-order valence-electron chi connectivity index (χ2n) is 3.95. The molecule has 1 atom stereocenters. The molecule has 0 fully saturated rings. The first kappa shape index (κ1) is 12.1. The van der Waals surface area contributed by atoms with Crippen LogP contribution in [0.5, 0.6) is 0 Å². The fourth-order valence-electron chi connectivity index (χ4n) is 1.22. The van der Waals surface area contributed by atoms with Crippen LogP contribution in [0.1, 0.15) is 32.3 Å². The molecule has 1 N–H and O–H groups in total. The molecule has 0 spiro atoms. The number of anilines is 1. The van der Waals surface area contributed by atoms with Gasteiger partial charge >= 0.3 is 0 Å². The van der Waals surface area contributed by atoms with Crippen molar-refractivity contribution in [3.63, 3.8) is 0 Å². The van der Waals surface area contributed by atoms with Crippen molar-refractivity contribution in [1.82, 2.24) is 0 Å². The molecule has 82 valence electrons. The fraction of sp³-hybridized carbons (Fsp3) is 0.417. The van der Waals surface area contributed by atoms with Crippen LogP contribution < -0.4 is 5.32 Å². The molecule has 2 nitrogen and oxygen atoms in total. The van der Waals surface area contributed by atoms with Gasteiger partial charge in [0.05, 0.1) is 5.25 Å². The first-order valence-corrected chi connectivity index (χ1v) is 5.61. The van der Waals surface area contributed by atoms with Gasteiger partial charge in [-0.15, -0.1) is 0 Å². The van der Waals surface area contributed by atoms with Crippen LogP contribution in [0, 0.1) is 0 Å². The van der Waals surface area contributed by atoms with Crippen LogP contribution in [0.2, 0.25) is 0 Å². The Morgan fingerprint density at radius 1 is 1.33 bits per heavy atom. The number of carbonyl (C=O) groups is 1. The van der Waals surface area contributed by atoms with E-state index in [2.05, 4.69) is 37.9 Å². The van der Waals surface area contributed by atoms with Crippen molar-refractivity contribution >= 4 is 24.2 Å². The molecule has 0 radical (unpaired) electrons. The highest BCUT2D eigenvalue weighted by molar-refractivity contribution is 7.81. The molecule has 0 heterocycles. The Labute approximate surface area is 96.5 Å². The third-order valence-electron chi connectivity index (χ3n) is 2.20. The van der Waals surface area contributed by atoms with Gasteiger partial charge in [0.2, 0.25) is 5.91 Å². The van der Waals surface area contributed by atoms with Gasteiger partial charge in [0, 0.05) is 5.69 Å². The van der Waals surface area contributed by atoms with E-state index in [0.717, 1.165) is 5.69 Å². The third-order valence-corrected chi connectivity index (χ3v) is 2.43. The Morgan fingerprint density at radius 3 is 2.53 bits per heavy atom. The Morgan fingerprint density at radius 2 is 2.00 bits per heavy atom. The van der Waals surface area contributed by atoms with Crippen molar-refractivity contribution in [3.8, 4) is 0 Å². The van der Waals surface area contributed by atoms with Crippen LogP contribution in [0.4, 0.5) is 5.69 Å². The van der Waals surface area contributed by atoms with Crippen molar-refractivity contribution in [2.24, 2.45) is 0 Å². The highest BCUT2D eigenvalue weighted by Crippen LogP contribution is 2.18. The monoisotopic (exact) mass is 223 g/mol. The number of carbonyl (C=O) groups excluding carboxylic acids is 1. The van der Waals surface area contributed by atoms with Gasteiger partial charge in [-0.3, -0.25) is 4.79 Å². The summed E-state index contributed by atoms with van der Waals surface area (Å²) in [5, 5.41) is 2.54. The quantitative estimate of drug-likeness (QED) is 0.758. The van der Waals surface area contributed by atoms with Crippen molar-refractivity contribution in [2.75, 3.05) is 5.32 Å². The minimum Gasteiger partial charge on any atom is -0.325 e. The minimum absolute atomic E-state index is 0.0701. The van der Waals surface area contributed by atoms with E-state index in [1.54, 1.807) is 6.92 Å². The normalized spacial score (nSPS) is 12.6. The van der Waals surface area contributed by atoms with Crippen LogP contribution in [-0.2, 0) is 4.79 Å². The van der Waals surface area contributed by atoms with Crippen LogP contribution in [0.15, 0.2) is 24.3 Å². The topological polar surface area (TPSA) is 29.1 Å². The van der Waals surface area contributed by atoms with E-state index in [9.17, 15) is 4.79 Å². The van der Waals surface area contributed by atoms with Gasteiger partial charge in [0.15, 0.2) is 0 Å². The molecular formula is C12H17NOS. The summed E-state index contributed by atoms with van der Waals surface area (Å²) in [4.78, 5) is 11.4. The lowest BCUT2D eigenvalue weighted by Crippen LogP contribution is -2.20. The number of nitrogens with one attached hydrogen (secondary N) is 1. The highest BCUT2D eigenvalue weighted by atomic mass is 32.1.